The van der Waals surface area contributed by atoms with Crippen LogP contribution in [0.25, 0.3) is 6.08 Å². The Morgan fingerprint density at radius 2 is 1.97 bits per heavy atom. The van der Waals surface area contributed by atoms with Gasteiger partial charge in [0.25, 0.3) is 5.91 Å². The monoisotopic (exact) mass is 407 g/mol. The van der Waals surface area contributed by atoms with Crippen LogP contribution in [0.1, 0.15) is 5.56 Å². The van der Waals surface area contributed by atoms with Gasteiger partial charge in [0, 0.05) is 25.3 Å². The smallest absolute Gasteiger partial charge is 0.266 e. The number of hydrogen-bond acceptors (Lipinski definition) is 6. The third-order valence-electron chi connectivity index (χ3n) is 4.66. The molecule has 0 aromatic heterocycles. The van der Waals surface area contributed by atoms with E-state index >= 15 is 0 Å². The average molecular weight is 407 g/mol. The molecule has 0 saturated carbocycles. The Bertz CT molecular complexity index is 916. The molecule has 1 aliphatic heterocycles. The summed E-state index contributed by atoms with van der Waals surface area (Å²) in [5.41, 5.74) is 1.30. The molecule has 1 heterocycles. The zero-order valence-electron chi connectivity index (χ0n) is 17.0. The summed E-state index contributed by atoms with van der Waals surface area (Å²) in [5, 5.41) is 12.1. The van der Waals surface area contributed by atoms with Crippen molar-refractivity contribution >= 4 is 17.7 Å². The summed E-state index contributed by atoms with van der Waals surface area (Å²) in [6.07, 6.45) is 1.53. The predicted molar refractivity (Wildman–Crippen MR) is 114 cm³/mol. The normalized spacial score (nSPS) is 14.6. The zero-order valence-corrected chi connectivity index (χ0v) is 17.0. The van der Waals surface area contributed by atoms with Gasteiger partial charge in [-0.25, -0.2) is 0 Å². The second kappa shape index (κ2) is 11.0. The Balaban J connectivity index is 1.64. The fraction of sp³-hybridized carbons (Fsp3) is 0.304. The van der Waals surface area contributed by atoms with Gasteiger partial charge in [-0.05, 0) is 35.9 Å². The molecule has 1 saturated heterocycles. The number of amides is 1. The van der Waals surface area contributed by atoms with Crippen molar-refractivity contribution in [2.45, 2.75) is 0 Å². The number of nitrogens with zero attached hydrogens (tertiary/aromatic N) is 2. The first-order valence-electron chi connectivity index (χ1n) is 9.79. The van der Waals surface area contributed by atoms with Crippen LogP contribution in [0.4, 0.5) is 5.69 Å². The fourth-order valence-corrected chi connectivity index (χ4v) is 3.04. The first kappa shape index (κ1) is 21.4. The number of nitrogens with one attached hydrogen (secondary N) is 1. The number of para-hydroxylation sites is 1. The number of carbonyl (C=O) groups is 1. The maximum Gasteiger partial charge on any atom is 0.266 e. The third kappa shape index (κ3) is 6.08. The number of hydrogen-bond donors (Lipinski definition) is 1. The minimum atomic E-state index is -0.464. The molecule has 2 aromatic carbocycles. The molecule has 0 atom stereocenters. The van der Waals surface area contributed by atoms with Gasteiger partial charge in [-0.1, -0.05) is 24.3 Å². The highest BCUT2D eigenvalue weighted by atomic mass is 16.5. The van der Waals surface area contributed by atoms with Gasteiger partial charge in [-0.15, -0.1) is 0 Å². The van der Waals surface area contributed by atoms with E-state index in [1.807, 2.05) is 24.3 Å². The summed E-state index contributed by atoms with van der Waals surface area (Å²) < 4.78 is 16.6. The summed E-state index contributed by atoms with van der Waals surface area (Å²) in [6, 6.07) is 16.3. The van der Waals surface area contributed by atoms with Crippen LogP contribution in [0.2, 0.25) is 0 Å². The maximum atomic E-state index is 12.4. The lowest BCUT2D eigenvalue weighted by atomic mass is 10.1. The van der Waals surface area contributed by atoms with Crippen LogP contribution in [0, 0.1) is 11.3 Å². The Hall–Kier alpha value is -3.34. The molecule has 3 rings (SSSR count). The summed E-state index contributed by atoms with van der Waals surface area (Å²) in [7, 11) is 1.56. The van der Waals surface area contributed by atoms with Gasteiger partial charge in [0.05, 0.1) is 20.3 Å². The molecule has 0 spiro atoms. The standard InChI is InChI=1S/C23H25N3O4/c1-28-22-16-18(7-8-21(22)30-14-11-26-9-12-29-13-10-26)15-19(17-24)23(27)25-20-5-3-2-4-6-20/h2-8,15-16H,9-14H2,1H3,(H,25,27)/b19-15+. The number of nitriles is 1. The third-order valence-corrected chi connectivity index (χ3v) is 4.66. The predicted octanol–water partition coefficient (Wildman–Crippen LogP) is 2.95. The van der Waals surface area contributed by atoms with E-state index in [1.165, 1.54) is 6.08 Å². The number of anilines is 1. The van der Waals surface area contributed by atoms with E-state index in [0.717, 1.165) is 32.8 Å². The maximum absolute atomic E-state index is 12.4. The van der Waals surface area contributed by atoms with Gasteiger partial charge in [0.1, 0.15) is 18.2 Å². The van der Waals surface area contributed by atoms with Gasteiger partial charge in [0.15, 0.2) is 11.5 Å². The number of rotatable bonds is 8. The molecule has 30 heavy (non-hydrogen) atoms. The van der Waals surface area contributed by atoms with Crippen LogP contribution < -0.4 is 14.8 Å². The van der Waals surface area contributed by atoms with Crippen LogP contribution in [-0.4, -0.2) is 57.4 Å². The molecule has 7 nitrogen and oxygen atoms in total. The van der Waals surface area contributed by atoms with E-state index < -0.39 is 5.91 Å². The fourth-order valence-electron chi connectivity index (χ4n) is 3.04. The van der Waals surface area contributed by atoms with Crippen LogP contribution in [0.5, 0.6) is 11.5 Å². The molecule has 0 bridgehead atoms. The lowest BCUT2D eigenvalue weighted by Crippen LogP contribution is -2.38. The van der Waals surface area contributed by atoms with Crippen molar-refractivity contribution in [1.29, 1.82) is 5.26 Å². The van der Waals surface area contributed by atoms with E-state index in [-0.39, 0.29) is 5.57 Å². The largest absolute Gasteiger partial charge is 0.493 e. The second-order valence-corrected chi connectivity index (χ2v) is 6.70. The molecule has 0 aliphatic carbocycles. The van der Waals surface area contributed by atoms with Crippen LogP contribution in [0.3, 0.4) is 0 Å². The highest BCUT2D eigenvalue weighted by molar-refractivity contribution is 6.09. The molecule has 156 valence electrons. The molecule has 1 fully saturated rings. The molecule has 2 aromatic rings. The van der Waals surface area contributed by atoms with E-state index in [9.17, 15) is 10.1 Å². The zero-order chi connectivity index (χ0) is 21.2. The number of carbonyl (C=O) groups excluding carboxylic acids is 1. The Labute approximate surface area is 176 Å². The Kier molecular flexibility index (Phi) is 7.84. The summed E-state index contributed by atoms with van der Waals surface area (Å²) in [5.74, 6) is 0.704. The minimum absolute atomic E-state index is 0.00175. The average Bonchev–Trinajstić information content (AvgIpc) is 2.79. The number of morpholine rings is 1. The van der Waals surface area contributed by atoms with Crippen LogP contribution in [-0.2, 0) is 9.53 Å². The first-order valence-corrected chi connectivity index (χ1v) is 9.79. The van der Waals surface area contributed by atoms with Crippen molar-refractivity contribution in [3.05, 3.63) is 59.7 Å². The summed E-state index contributed by atoms with van der Waals surface area (Å²) >= 11 is 0. The quantitative estimate of drug-likeness (QED) is 0.535. The Morgan fingerprint density at radius 3 is 2.67 bits per heavy atom. The van der Waals surface area contributed by atoms with Gasteiger partial charge in [-0.3, -0.25) is 9.69 Å². The van der Waals surface area contributed by atoms with Crippen molar-refractivity contribution in [2.75, 3.05) is 51.9 Å². The first-order chi connectivity index (χ1) is 14.7. The summed E-state index contributed by atoms with van der Waals surface area (Å²) in [6.45, 7) is 4.67. The molecule has 1 aliphatic rings. The molecule has 1 N–H and O–H groups in total. The molecular formula is C23H25N3O4. The van der Waals surface area contributed by atoms with Crippen molar-refractivity contribution in [3.63, 3.8) is 0 Å². The van der Waals surface area contributed by atoms with Crippen LogP contribution in [0.15, 0.2) is 54.1 Å². The number of ether oxygens (including phenoxy) is 3. The highest BCUT2D eigenvalue weighted by Gasteiger charge is 2.13. The number of benzene rings is 2. The second-order valence-electron chi connectivity index (χ2n) is 6.70. The lowest BCUT2D eigenvalue weighted by molar-refractivity contribution is -0.112. The molecule has 0 radical (unpaired) electrons. The van der Waals surface area contributed by atoms with Gasteiger partial charge < -0.3 is 19.5 Å². The molecular weight excluding hydrogens is 382 g/mol. The summed E-state index contributed by atoms with van der Waals surface area (Å²) in [4.78, 5) is 14.7. The van der Waals surface area contributed by atoms with E-state index in [0.29, 0.717) is 29.4 Å². The van der Waals surface area contributed by atoms with E-state index in [4.69, 9.17) is 14.2 Å². The lowest BCUT2D eigenvalue weighted by Gasteiger charge is -2.26. The Morgan fingerprint density at radius 1 is 1.20 bits per heavy atom. The van der Waals surface area contributed by atoms with Crippen molar-refractivity contribution in [2.24, 2.45) is 0 Å². The number of methoxy groups -OCH3 is 1. The van der Waals surface area contributed by atoms with Crippen molar-refractivity contribution in [3.8, 4) is 17.6 Å². The van der Waals surface area contributed by atoms with E-state index in [2.05, 4.69) is 10.2 Å². The van der Waals surface area contributed by atoms with E-state index in [1.54, 1.807) is 37.4 Å². The highest BCUT2D eigenvalue weighted by Crippen LogP contribution is 2.29. The van der Waals surface area contributed by atoms with Gasteiger partial charge in [0.2, 0.25) is 0 Å². The molecule has 1 amide bonds. The van der Waals surface area contributed by atoms with Gasteiger partial charge >= 0.3 is 0 Å². The SMILES string of the molecule is COc1cc(/C=C(\C#N)C(=O)Nc2ccccc2)ccc1OCCN1CCOCC1. The molecule has 0 unspecified atom stereocenters. The van der Waals surface area contributed by atoms with Gasteiger partial charge in [-0.2, -0.15) is 5.26 Å². The topological polar surface area (TPSA) is 83.8 Å². The molecule has 7 heteroatoms. The minimum Gasteiger partial charge on any atom is -0.493 e. The van der Waals surface area contributed by atoms with Crippen LogP contribution >= 0.6 is 0 Å². The van der Waals surface area contributed by atoms with Crippen molar-refractivity contribution < 1.29 is 19.0 Å². The van der Waals surface area contributed by atoms with Crippen molar-refractivity contribution in [1.82, 2.24) is 4.90 Å².